The lowest BCUT2D eigenvalue weighted by atomic mass is 9.94. The fourth-order valence-electron chi connectivity index (χ4n) is 4.03. The summed E-state index contributed by atoms with van der Waals surface area (Å²) in [4.78, 5) is 13.2. The zero-order valence-corrected chi connectivity index (χ0v) is 20.0. The fraction of sp³-hybridized carbons (Fsp3) is 0.565. The Labute approximate surface area is 194 Å². The van der Waals surface area contributed by atoms with Gasteiger partial charge in [0.15, 0.2) is 11.5 Å². The Hall–Kier alpha value is -3.30. The quantitative estimate of drug-likeness (QED) is 0.373. The van der Waals surface area contributed by atoms with E-state index in [0.29, 0.717) is 46.6 Å². The van der Waals surface area contributed by atoms with Crippen LogP contribution in [0, 0.1) is 0 Å². The van der Waals surface area contributed by atoms with Gasteiger partial charge in [0.2, 0.25) is 11.7 Å². The standard InChI is InChI=1S/C23H33N5O5/c1-6-7-8-9-10-11-14-33-22(29)18-15(2)24-23-25-26-27-28(23)19(18)16-12-13-17(30-3)21(32-5)20(16)31-4/h12-13,19H,6-11,14H2,1-5H3,(H,24,25,27)/t19-/m0/s1. The number of benzene rings is 1. The monoisotopic (exact) mass is 459 g/mol. The summed E-state index contributed by atoms with van der Waals surface area (Å²) >= 11 is 0. The Balaban J connectivity index is 1.90. The van der Waals surface area contributed by atoms with Crippen molar-refractivity contribution in [3.8, 4) is 17.2 Å². The van der Waals surface area contributed by atoms with Crippen LogP contribution in [-0.4, -0.2) is 54.1 Å². The molecule has 1 aromatic carbocycles. The van der Waals surface area contributed by atoms with Gasteiger partial charge >= 0.3 is 5.97 Å². The van der Waals surface area contributed by atoms with Crippen molar-refractivity contribution < 1.29 is 23.7 Å². The molecule has 0 amide bonds. The van der Waals surface area contributed by atoms with E-state index in [4.69, 9.17) is 18.9 Å². The van der Waals surface area contributed by atoms with Gasteiger partial charge in [0.1, 0.15) is 6.04 Å². The number of nitrogens with zero attached hydrogens (tertiary/aromatic N) is 4. The first-order valence-corrected chi connectivity index (χ1v) is 11.3. The van der Waals surface area contributed by atoms with Gasteiger partial charge in [0, 0.05) is 11.3 Å². The van der Waals surface area contributed by atoms with E-state index < -0.39 is 12.0 Å². The van der Waals surface area contributed by atoms with E-state index in [1.807, 2.05) is 6.07 Å². The van der Waals surface area contributed by atoms with Crippen LogP contribution in [0.5, 0.6) is 17.2 Å². The summed E-state index contributed by atoms with van der Waals surface area (Å²) in [6, 6.07) is 2.91. The van der Waals surface area contributed by atoms with Crippen molar-refractivity contribution in [2.75, 3.05) is 33.3 Å². The van der Waals surface area contributed by atoms with Gasteiger partial charge in [-0.25, -0.2) is 4.79 Å². The summed E-state index contributed by atoms with van der Waals surface area (Å²) in [5.41, 5.74) is 1.68. The molecule has 3 rings (SSSR count). The number of methoxy groups -OCH3 is 3. The molecule has 1 N–H and O–H groups in total. The van der Waals surface area contributed by atoms with E-state index in [1.165, 1.54) is 38.2 Å². The van der Waals surface area contributed by atoms with Gasteiger partial charge < -0.3 is 24.3 Å². The molecule has 0 saturated carbocycles. The molecule has 0 spiro atoms. The molecule has 0 aliphatic carbocycles. The molecule has 1 atom stereocenters. The number of tetrazole rings is 1. The Bertz CT molecular complexity index is 988. The van der Waals surface area contributed by atoms with Gasteiger partial charge in [0.25, 0.3) is 0 Å². The number of fused-ring (bicyclic) bond motifs is 1. The highest BCUT2D eigenvalue weighted by Crippen LogP contribution is 2.46. The second kappa shape index (κ2) is 11.5. The second-order valence-electron chi connectivity index (χ2n) is 7.84. The topological polar surface area (TPSA) is 110 Å². The Kier molecular flexibility index (Phi) is 8.51. The van der Waals surface area contributed by atoms with Gasteiger partial charge in [-0.05, 0) is 35.9 Å². The minimum absolute atomic E-state index is 0.361. The molecule has 2 heterocycles. The number of allylic oxidation sites excluding steroid dienone is 1. The van der Waals surface area contributed by atoms with Gasteiger partial charge in [0.05, 0.1) is 33.5 Å². The molecule has 33 heavy (non-hydrogen) atoms. The van der Waals surface area contributed by atoms with E-state index in [-0.39, 0.29) is 0 Å². The summed E-state index contributed by atoms with van der Waals surface area (Å²) in [6.07, 6.45) is 6.66. The lowest BCUT2D eigenvalue weighted by Crippen LogP contribution is -2.30. The van der Waals surface area contributed by atoms with Crippen molar-refractivity contribution in [3.05, 3.63) is 29.0 Å². The van der Waals surface area contributed by atoms with Crippen molar-refractivity contribution in [2.24, 2.45) is 0 Å². The maximum Gasteiger partial charge on any atom is 0.338 e. The van der Waals surface area contributed by atoms with Crippen molar-refractivity contribution in [1.82, 2.24) is 20.2 Å². The van der Waals surface area contributed by atoms with Gasteiger partial charge in [-0.15, -0.1) is 0 Å². The number of rotatable bonds is 12. The van der Waals surface area contributed by atoms with Crippen LogP contribution in [0.1, 0.15) is 64.0 Å². The number of ether oxygens (including phenoxy) is 4. The number of anilines is 1. The molecule has 0 unspecified atom stereocenters. The normalized spacial score (nSPS) is 15.0. The molecule has 10 nitrogen and oxygen atoms in total. The van der Waals surface area contributed by atoms with Gasteiger partial charge in [-0.2, -0.15) is 4.68 Å². The molecule has 0 radical (unpaired) electrons. The Morgan fingerprint density at radius 2 is 1.76 bits per heavy atom. The number of aromatic nitrogens is 4. The highest BCUT2D eigenvalue weighted by Gasteiger charge is 2.37. The first-order valence-electron chi connectivity index (χ1n) is 11.3. The number of carbonyl (C=O) groups excluding carboxylic acids is 1. The number of nitrogens with one attached hydrogen (secondary N) is 1. The van der Waals surface area contributed by atoms with Crippen LogP contribution in [0.2, 0.25) is 0 Å². The Morgan fingerprint density at radius 1 is 1.03 bits per heavy atom. The fourth-order valence-corrected chi connectivity index (χ4v) is 4.03. The summed E-state index contributed by atoms with van der Waals surface area (Å²) in [5.74, 6) is 1.36. The van der Waals surface area contributed by atoms with E-state index in [1.54, 1.807) is 20.1 Å². The van der Waals surface area contributed by atoms with Gasteiger partial charge in [-0.1, -0.05) is 44.1 Å². The van der Waals surface area contributed by atoms with Crippen molar-refractivity contribution >= 4 is 11.9 Å². The van der Waals surface area contributed by atoms with Crippen LogP contribution in [0.25, 0.3) is 0 Å². The van der Waals surface area contributed by atoms with Crippen molar-refractivity contribution in [1.29, 1.82) is 0 Å². The van der Waals surface area contributed by atoms with Gasteiger partial charge in [-0.3, -0.25) is 0 Å². The number of unbranched alkanes of at least 4 members (excludes halogenated alkanes) is 5. The third kappa shape index (κ3) is 5.20. The first kappa shape index (κ1) is 24.3. The molecule has 0 bridgehead atoms. The highest BCUT2D eigenvalue weighted by atomic mass is 16.5. The van der Waals surface area contributed by atoms with Crippen molar-refractivity contribution in [2.45, 2.75) is 58.4 Å². The third-order valence-corrected chi connectivity index (χ3v) is 5.69. The number of hydrogen-bond acceptors (Lipinski definition) is 9. The number of carbonyl (C=O) groups is 1. The summed E-state index contributed by atoms with van der Waals surface area (Å²) < 4.78 is 23.8. The molecule has 0 fully saturated rings. The van der Waals surface area contributed by atoms with Crippen molar-refractivity contribution in [3.63, 3.8) is 0 Å². The maximum atomic E-state index is 13.2. The molecule has 180 valence electrons. The minimum atomic E-state index is -0.664. The molecule has 1 aliphatic rings. The molecular weight excluding hydrogens is 426 g/mol. The van der Waals surface area contributed by atoms with Crippen LogP contribution in [0.3, 0.4) is 0 Å². The Morgan fingerprint density at radius 3 is 2.45 bits per heavy atom. The predicted octanol–water partition coefficient (Wildman–Crippen LogP) is 3.89. The molecule has 0 saturated heterocycles. The van der Waals surface area contributed by atoms with Crippen LogP contribution >= 0.6 is 0 Å². The zero-order chi connectivity index (χ0) is 23.8. The number of esters is 1. The lowest BCUT2D eigenvalue weighted by Gasteiger charge is -2.29. The second-order valence-corrected chi connectivity index (χ2v) is 7.84. The smallest absolute Gasteiger partial charge is 0.338 e. The van der Waals surface area contributed by atoms with E-state index >= 15 is 0 Å². The predicted molar refractivity (Wildman–Crippen MR) is 123 cm³/mol. The average molecular weight is 460 g/mol. The molecule has 1 aromatic heterocycles. The molecular formula is C23H33N5O5. The minimum Gasteiger partial charge on any atom is -0.493 e. The molecule has 1 aliphatic heterocycles. The van der Waals surface area contributed by atoms with E-state index in [0.717, 1.165) is 19.3 Å². The van der Waals surface area contributed by atoms with Crippen LogP contribution < -0.4 is 19.5 Å². The third-order valence-electron chi connectivity index (χ3n) is 5.69. The highest BCUT2D eigenvalue weighted by molar-refractivity contribution is 5.92. The zero-order valence-electron chi connectivity index (χ0n) is 20.0. The largest absolute Gasteiger partial charge is 0.493 e. The average Bonchev–Trinajstić information content (AvgIpc) is 3.29. The van der Waals surface area contributed by atoms with Crippen LogP contribution in [0.4, 0.5) is 5.95 Å². The van der Waals surface area contributed by atoms with Crippen LogP contribution in [0.15, 0.2) is 23.4 Å². The number of hydrogen-bond donors (Lipinski definition) is 1. The summed E-state index contributed by atoms with van der Waals surface area (Å²) in [7, 11) is 4.62. The molecule has 2 aromatic rings. The van der Waals surface area contributed by atoms with E-state index in [2.05, 4.69) is 27.8 Å². The SMILES string of the molecule is CCCCCCCCOC(=O)C1=C(C)Nc2nnnn2[C@H]1c1ccc(OC)c(OC)c1OC. The van der Waals surface area contributed by atoms with E-state index in [9.17, 15) is 4.79 Å². The summed E-state index contributed by atoms with van der Waals surface area (Å²) in [6.45, 7) is 4.36. The molecule has 10 heteroatoms. The first-order chi connectivity index (χ1) is 16.1. The lowest BCUT2D eigenvalue weighted by molar-refractivity contribution is -0.139. The van der Waals surface area contributed by atoms with Crippen LogP contribution in [-0.2, 0) is 9.53 Å². The summed E-state index contributed by atoms with van der Waals surface area (Å²) in [5, 5.41) is 15.0. The maximum absolute atomic E-state index is 13.2.